The van der Waals surface area contributed by atoms with Gasteiger partial charge in [0, 0.05) is 49.1 Å². The van der Waals surface area contributed by atoms with E-state index >= 15 is 0 Å². The number of phenolic OH excluding ortho intramolecular Hbond substituents is 1. The zero-order chi connectivity index (χ0) is 29.9. The van der Waals surface area contributed by atoms with Crippen LogP contribution in [0.2, 0.25) is 0 Å². The molecule has 1 saturated carbocycles. The van der Waals surface area contributed by atoms with Gasteiger partial charge < -0.3 is 29.7 Å². The van der Waals surface area contributed by atoms with Crippen molar-refractivity contribution in [2.75, 3.05) is 58.3 Å². The predicted octanol–water partition coefficient (Wildman–Crippen LogP) is 3.49. The van der Waals surface area contributed by atoms with Crippen LogP contribution >= 0.6 is 0 Å². The molecule has 2 saturated heterocycles. The first-order valence-electron chi connectivity index (χ1n) is 14.7. The third-order valence-electron chi connectivity index (χ3n) is 9.25. The van der Waals surface area contributed by atoms with E-state index in [-0.39, 0.29) is 22.7 Å². The SMILES string of the molecule is C#Cc1c(F)ccc2cc(O)cc(C3=Cc4nc(OCC5(CN(C)C)CC5)nc(N5CCC6(CC5)CNC6)c4S(=O)N3)c12. The molecule has 9 nitrogen and oxygen atoms in total. The van der Waals surface area contributed by atoms with Crippen LogP contribution in [0, 0.1) is 29.0 Å². The topological polar surface area (TPSA) is 103 Å². The van der Waals surface area contributed by atoms with Gasteiger partial charge in [0.05, 0.1) is 23.6 Å². The van der Waals surface area contributed by atoms with Crippen LogP contribution in [0.15, 0.2) is 29.2 Å². The van der Waals surface area contributed by atoms with E-state index in [2.05, 4.69) is 39.9 Å². The summed E-state index contributed by atoms with van der Waals surface area (Å²) in [6, 6.07) is 6.12. The molecule has 0 amide bonds. The van der Waals surface area contributed by atoms with Gasteiger partial charge in [-0.05, 0) is 74.9 Å². The highest BCUT2D eigenvalue weighted by Crippen LogP contribution is 2.46. The summed E-state index contributed by atoms with van der Waals surface area (Å²) in [6.07, 6.45) is 11.7. The molecule has 2 aromatic carbocycles. The second-order valence-corrected chi connectivity index (χ2v) is 13.9. The first-order chi connectivity index (χ1) is 20.7. The van der Waals surface area contributed by atoms with Crippen LogP contribution in [0.5, 0.6) is 11.8 Å². The van der Waals surface area contributed by atoms with Crippen LogP contribution in [0.25, 0.3) is 22.5 Å². The van der Waals surface area contributed by atoms with Gasteiger partial charge in [0.1, 0.15) is 16.5 Å². The Kier molecular flexibility index (Phi) is 6.84. The number of hydrogen-bond acceptors (Lipinski definition) is 8. The number of aromatic hydroxyl groups is 1. The number of nitrogens with zero attached hydrogens (tertiary/aromatic N) is 4. The number of rotatable bonds is 7. The lowest BCUT2D eigenvalue weighted by Crippen LogP contribution is -2.58. The third kappa shape index (κ3) is 5.11. The lowest BCUT2D eigenvalue weighted by atomic mass is 9.73. The number of anilines is 1. The molecule has 3 N–H and O–H groups in total. The van der Waals surface area contributed by atoms with Gasteiger partial charge >= 0.3 is 6.01 Å². The summed E-state index contributed by atoms with van der Waals surface area (Å²) >= 11 is 0. The van der Waals surface area contributed by atoms with Crippen LogP contribution in [0.4, 0.5) is 10.2 Å². The van der Waals surface area contributed by atoms with Gasteiger partial charge in [-0.15, -0.1) is 6.42 Å². The van der Waals surface area contributed by atoms with E-state index < -0.39 is 16.8 Å². The Morgan fingerprint density at radius 1 is 1.19 bits per heavy atom. The van der Waals surface area contributed by atoms with E-state index in [1.165, 1.54) is 18.2 Å². The summed E-state index contributed by atoms with van der Waals surface area (Å²) in [5.74, 6) is 2.49. The quantitative estimate of drug-likeness (QED) is 0.354. The standard InChI is InChI=1S/C32H35FN6O3S/c1-4-22-24(33)6-5-20-13-21(40)14-23(27(20)22)25-15-26-28(43(41)37-25)29(39-11-9-31(10-12-39)16-34-17-31)36-30(35-26)42-19-32(7-8-32)18-38(2)3/h1,5-6,13-15,34,37,40H,7-12,16-19H2,2-3H3. The Labute approximate surface area is 253 Å². The number of benzene rings is 2. The van der Waals surface area contributed by atoms with Crippen molar-refractivity contribution in [3.63, 3.8) is 0 Å². The maximum Gasteiger partial charge on any atom is 0.319 e. The lowest BCUT2D eigenvalue weighted by molar-refractivity contribution is 0.125. The third-order valence-corrected chi connectivity index (χ3v) is 10.4. The fourth-order valence-corrected chi connectivity index (χ4v) is 7.76. The highest BCUT2D eigenvalue weighted by Gasteiger charge is 2.44. The van der Waals surface area contributed by atoms with Crippen LogP contribution in [0.3, 0.4) is 0 Å². The van der Waals surface area contributed by atoms with Crippen molar-refractivity contribution in [3.8, 4) is 24.1 Å². The molecule has 0 radical (unpaired) electrons. The van der Waals surface area contributed by atoms with Gasteiger partial charge in [-0.3, -0.25) is 0 Å². The molecule has 224 valence electrons. The van der Waals surface area contributed by atoms with Crippen molar-refractivity contribution in [1.82, 2.24) is 24.9 Å². The van der Waals surface area contributed by atoms with Crippen LogP contribution in [-0.2, 0) is 11.0 Å². The average molecular weight is 603 g/mol. The normalized spacial score (nSPS) is 21.5. The van der Waals surface area contributed by atoms with Gasteiger partial charge in [-0.25, -0.2) is 8.60 Å². The zero-order valence-corrected chi connectivity index (χ0v) is 25.2. The van der Waals surface area contributed by atoms with Gasteiger partial charge in [0.25, 0.3) is 0 Å². The highest BCUT2D eigenvalue weighted by atomic mass is 32.2. The fourth-order valence-electron chi connectivity index (χ4n) is 6.66. The van der Waals surface area contributed by atoms with E-state index in [9.17, 15) is 13.7 Å². The molecule has 1 atom stereocenters. The molecule has 11 heteroatoms. The molecular formula is C32H35FN6O3S. The van der Waals surface area contributed by atoms with Crippen molar-refractivity contribution in [3.05, 3.63) is 46.9 Å². The van der Waals surface area contributed by atoms with Gasteiger partial charge in [0.2, 0.25) is 0 Å². The number of nitrogens with one attached hydrogen (secondary N) is 2. The first-order valence-corrected chi connectivity index (χ1v) is 15.8. The summed E-state index contributed by atoms with van der Waals surface area (Å²) in [6.45, 7) is 5.07. The van der Waals surface area contributed by atoms with Gasteiger partial charge in [-0.2, -0.15) is 9.97 Å². The first kappa shape index (κ1) is 28.1. The maximum atomic E-state index is 14.8. The number of aromatic nitrogens is 2. The van der Waals surface area contributed by atoms with Gasteiger partial charge in [0.15, 0.2) is 16.8 Å². The van der Waals surface area contributed by atoms with E-state index in [4.69, 9.17) is 21.1 Å². The number of terminal acetylenes is 1. The zero-order valence-electron chi connectivity index (χ0n) is 24.4. The summed E-state index contributed by atoms with van der Waals surface area (Å²) in [7, 11) is 2.38. The minimum atomic E-state index is -1.74. The van der Waals surface area contributed by atoms with Crippen molar-refractivity contribution >= 4 is 39.3 Å². The van der Waals surface area contributed by atoms with Crippen molar-refractivity contribution in [1.29, 1.82) is 0 Å². The van der Waals surface area contributed by atoms with E-state index in [0.29, 0.717) is 50.5 Å². The summed E-state index contributed by atoms with van der Waals surface area (Å²) in [5, 5.41) is 15.0. The molecule has 3 aromatic rings. The molecule has 4 aliphatic rings. The molecule has 7 rings (SSSR count). The molecule has 43 heavy (non-hydrogen) atoms. The molecule has 1 unspecified atom stereocenters. The molecular weight excluding hydrogens is 567 g/mol. The van der Waals surface area contributed by atoms with E-state index in [1.54, 1.807) is 12.1 Å². The van der Waals surface area contributed by atoms with Gasteiger partial charge in [-0.1, -0.05) is 12.0 Å². The number of fused-ring (bicyclic) bond motifs is 2. The fraction of sp³-hybridized carbons (Fsp3) is 0.438. The van der Waals surface area contributed by atoms with Crippen LogP contribution in [-0.4, -0.2) is 77.6 Å². The monoisotopic (exact) mass is 602 g/mol. The second-order valence-electron chi connectivity index (χ2n) is 12.7. The predicted molar refractivity (Wildman–Crippen MR) is 165 cm³/mol. The summed E-state index contributed by atoms with van der Waals surface area (Å²) in [4.78, 5) is 14.5. The maximum absolute atomic E-state index is 14.8. The van der Waals surface area contributed by atoms with E-state index in [1.807, 2.05) is 0 Å². The molecule has 0 bridgehead atoms. The largest absolute Gasteiger partial charge is 0.508 e. The van der Waals surface area contributed by atoms with Crippen molar-refractivity contribution in [2.24, 2.45) is 10.8 Å². The van der Waals surface area contributed by atoms with Crippen molar-refractivity contribution in [2.45, 2.75) is 30.6 Å². The molecule has 3 aliphatic heterocycles. The smallest absolute Gasteiger partial charge is 0.319 e. The Hall–Kier alpha value is -3.72. The lowest BCUT2D eigenvalue weighted by Gasteiger charge is -2.48. The average Bonchev–Trinajstić information content (AvgIpc) is 3.73. The second kappa shape index (κ2) is 10.5. The number of ether oxygens (including phenoxy) is 1. The minimum absolute atomic E-state index is 0.0212. The van der Waals surface area contributed by atoms with Crippen LogP contribution in [0.1, 0.15) is 42.5 Å². The number of halogens is 1. The summed E-state index contributed by atoms with van der Waals surface area (Å²) < 4.78 is 38.1. The highest BCUT2D eigenvalue weighted by molar-refractivity contribution is 7.83. The Morgan fingerprint density at radius 2 is 1.95 bits per heavy atom. The molecule has 3 fully saturated rings. The van der Waals surface area contributed by atoms with Crippen molar-refractivity contribution < 1.29 is 18.4 Å². The molecule has 1 spiro atoms. The Morgan fingerprint density at radius 3 is 2.60 bits per heavy atom. The van der Waals surface area contributed by atoms with E-state index in [0.717, 1.165) is 58.4 Å². The molecule has 4 heterocycles. The number of piperidine rings is 1. The Bertz CT molecular complexity index is 1720. The molecule has 1 aromatic heterocycles. The minimum Gasteiger partial charge on any atom is -0.508 e. The summed E-state index contributed by atoms with van der Waals surface area (Å²) in [5.41, 5.74) is 1.79. The Balaban J connectivity index is 1.32. The molecule has 1 aliphatic carbocycles. The number of phenols is 1. The number of hydrogen-bond donors (Lipinski definition) is 3. The van der Waals surface area contributed by atoms with Crippen LogP contribution < -0.4 is 19.7 Å².